The molecule has 0 amide bonds. The number of aromatic nitrogens is 3. The van der Waals surface area contributed by atoms with E-state index in [9.17, 15) is 0 Å². The third-order valence-corrected chi connectivity index (χ3v) is 3.26. The molecule has 2 aromatic rings. The van der Waals surface area contributed by atoms with Crippen molar-refractivity contribution in [1.29, 1.82) is 0 Å². The summed E-state index contributed by atoms with van der Waals surface area (Å²) in [5.74, 6) is 0. The van der Waals surface area contributed by atoms with Gasteiger partial charge in [-0.1, -0.05) is 13.0 Å². The highest BCUT2D eigenvalue weighted by molar-refractivity contribution is 5.31. The maximum absolute atomic E-state index is 4.58. The molecule has 2 heterocycles. The van der Waals surface area contributed by atoms with E-state index in [-0.39, 0.29) is 6.04 Å². The third-order valence-electron chi connectivity index (χ3n) is 3.26. The summed E-state index contributed by atoms with van der Waals surface area (Å²) < 4.78 is 1.99. The Bertz CT molecular complexity index is 545. The highest BCUT2D eigenvalue weighted by atomic mass is 15.3. The number of nitrogens with one attached hydrogen (secondary N) is 1. The van der Waals surface area contributed by atoms with Crippen LogP contribution in [-0.4, -0.2) is 21.8 Å². The summed E-state index contributed by atoms with van der Waals surface area (Å²) >= 11 is 0. The van der Waals surface area contributed by atoms with Gasteiger partial charge in [-0.25, -0.2) is 0 Å². The van der Waals surface area contributed by atoms with Crippen molar-refractivity contribution in [3.8, 4) is 0 Å². The molecule has 2 aromatic heterocycles. The minimum absolute atomic E-state index is 0.103. The van der Waals surface area contributed by atoms with Gasteiger partial charge in [0.25, 0.3) is 0 Å². The van der Waals surface area contributed by atoms with E-state index >= 15 is 0 Å². The lowest BCUT2D eigenvalue weighted by Gasteiger charge is -2.16. The first kappa shape index (κ1) is 13.7. The highest BCUT2D eigenvalue weighted by Crippen LogP contribution is 2.22. The van der Waals surface area contributed by atoms with Crippen LogP contribution in [0, 0.1) is 13.8 Å². The number of aryl methyl sites for hydroxylation is 3. The van der Waals surface area contributed by atoms with E-state index in [4.69, 9.17) is 0 Å². The Morgan fingerprint density at radius 2 is 2.11 bits per heavy atom. The minimum atomic E-state index is 0.103. The van der Waals surface area contributed by atoms with Crippen LogP contribution < -0.4 is 5.32 Å². The van der Waals surface area contributed by atoms with Crippen LogP contribution in [0.2, 0.25) is 0 Å². The van der Waals surface area contributed by atoms with Crippen molar-refractivity contribution < 1.29 is 0 Å². The lowest BCUT2D eigenvalue weighted by atomic mass is 10.0. The molecule has 0 saturated heterocycles. The zero-order chi connectivity index (χ0) is 13.8. The van der Waals surface area contributed by atoms with E-state index in [1.165, 1.54) is 11.1 Å². The van der Waals surface area contributed by atoms with Gasteiger partial charge in [-0.2, -0.15) is 5.10 Å². The van der Waals surface area contributed by atoms with E-state index in [0.717, 1.165) is 24.2 Å². The van der Waals surface area contributed by atoms with Crippen molar-refractivity contribution in [2.45, 2.75) is 39.8 Å². The smallest absolute Gasteiger partial charge is 0.0782 e. The first-order valence-electron chi connectivity index (χ1n) is 6.78. The monoisotopic (exact) mass is 258 g/mol. The van der Waals surface area contributed by atoms with E-state index in [0.29, 0.717) is 0 Å². The van der Waals surface area contributed by atoms with Crippen molar-refractivity contribution in [3.05, 3.63) is 47.0 Å². The van der Waals surface area contributed by atoms with E-state index in [1.54, 1.807) is 0 Å². The van der Waals surface area contributed by atoms with Crippen LogP contribution in [0.3, 0.4) is 0 Å². The van der Waals surface area contributed by atoms with Gasteiger partial charge in [0, 0.05) is 24.5 Å². The number of pyridine rings is 1. The Kier molecular flexibility index (Phi) is 4.32. The van der Waals surface area contributed by atoms with Gasteiger partial charge in [-0.05, 0) is 38.4 Å². The highest BCUT2D eigenvalue weighted by Gasteiger charge is 2.17. The lowest BCUT2D eigenvalue weighted by molar-refractivity contribution is 0.599. The van der Waals surface area contributed by atoms with Gasteiger partial charge in [0.15, 0.2) is 0 Å². The van der Waals surface area contributed by atoms with Gasteiger partial charge in [0.1, 0.15) is 0 Å². The third kappa shape index (κ3) is 3.01. The summed E-state index contributed by atoms with van der Waals surface area (Å²) in [5, 5.41) is 7.73. The fraction of sp³-hybridized carbons (Fsp3) is 0.467. The summed E-state index contributed by atoms with van der Waals surface area (Å²) in [6.45, 7) is 7.28. The van der Waals surface area contributed by atoms with Gasteiger partial charge >= 0.3 is 0 Å². The molecule has 2 rings (SSSR count). The molecule has 0 saturated carbocycles. The Morgan fingerprint density at radius 1 is 1.32 bits per heavy atom. The summed E-state index contributed by atoms with van der Waals surface area (Å²) in [4.78, 5) is 4.58. The fourth-order valence-corrected chi connectivity index (χ4v) is 2.37. The Labute approximate surface area is 114 Å². The summed E-state index contributed by atoms with van der Waals surface area (Å²) in [6, 6.07) is 2.27. The topological polar surface area (TPSA) is 42.7 Å². The first-order chi connectivity index (χ1) is 9.15. The van der Waals surface area contributed by atoms with Crippen molar-refractivity contribution in [3.63, 3.8) is 0 Å². The molecule has 0 aromatic carbocycles. The van der Waals surface area contributed by atoms with Crippen LogP contribution in [0.5, 0.6) is 0 Å². The van der Waals surface area contributed by atoms with Crippen molar-refractivity contribution in [2.75, 3.05) is 7.05 Å². The molecule has 4 nitrogen and oxygen atoms in total. The van der Waals surface area contributed by atoms with Crippen LogP contribution in [0.4, 0.5) is 0 Å². The SMILES string of the molecule is CCCn1cc(C(NC)c2ncc(C)cc2C)cn1. The number of hydrogen-bond donors (Lipinski definition) is 1. The van der Waals surface area contributed by atoms with Crippen LogP contribution >= 0.6 is 0 Å². The molecule has 1 N–H and O–H groups in total. The zero-order valence-electron chi connectivity index (χ0n) is 12.1. The van der Waals surface area contributed by atoms with E-state index < -0.39 is 0 Å². The summed E-state index contributed by atoms with van der Waals surface area (Å²) in [6.07, 6.45) is 7.04. The molecule has 0 spiro atoms. The van der Waals surface area contributed by atoms with Crippen molar-refractivity contribution in [2.24, 2.45) is 0 Å². The molecule has 0 bridgehead atoms. The lowest BCUT2D eigenvalue weighted by Crippen LogP contribution is -2.19. The quantitative estimate of drug-likeness (QED) is 0.896. The van der Waals surface area contributed by atoms with Crippen LogP contribution in [0.25, 0.3) is 0 Å². The van der Waals surface area contributed by atoms with Crippen LogP contribution in [0.1, 0.15) is 41.8 Å². The second-order valence-corrected chi connectivity index (χ2v) is 4.97. The Morgan fingerprint density at radius 3 is 2.74 bits per heavy atom. The number of hydrogen-bond acceptors (Lipinski definition) is 3. The van der Waals surface area contributed by atoms with Crippen molar-refractivity contribution in [1.82, 2.24) is 20.1 Å². The molecule has 19 heavy (non-hydrogen) atoms. The molecule has 1 unspecified atom stereocenters. The van der Waals surface area contributed by atoms with E-state index in [2.05, 4.69) is 48.4 Å². The maximum Gasteiger partial charge on any atom is 0.0782 e. The average Bonchev–Trinajstić information content (AvgIpc) is 2.82. The number of rotatable bonds is 5. The summed E-state index contributed by atoms with van der Waals surface area (Å²) in [5.41, 5.74) is 4.64. The normalized spacial score (nSPS) is 12.6. The molecule has 0 fully saturated rings. The van der Waals surface area contributed by atoms with Gasteiger partial charge in [0.05, 0.1) is 17.9 Å². The van der Waals surface area contributed by atoms with Gasteiger partial charge in [0.2, 0.25) is 0 Å². The largest absolute Gasteiger partial charge is 0.308 e. The van der Waals surface area contributed by atoms with E-state index in [1.807, 2.05) is 24.1 Å². The fourth-order valence-electron chi connectivity index (χ4n) is 2.37. The average molecular weight is 258 g/mol. The standard InChI is InChI=1S/C15H22N4/c1-5-6-19-10-13(9-18-19)15(16-4)14-12(3)7-11(2)8-17-14/h7-10,15-16H,5-6H2,1-4H3. The molecule has 0 aliphatic heterocycles. The molecule has 0 radical (unpaired) electrons. The molecular weight excluding hydrogens is 236 g/mol. The molecule has 0 aliphatic carbocycles. The van der Waals surface area contributed by atoms with Gasteiger partial charge < -0.3 is 5.32 Å². The predicted molar refractivity (Wildman–Crippen MR) is 77.1 cm³/mol. The molecular formula is C15H22N4. The molecule has 1 atom stereocenters. The van der Waals surface area contributed by atoms with Crippen LogP contribution in [0.15, 0.2) is 24.7 Å². The predicted octanol–water partition coefficient (Wildman–Crippen LogP) is 2.61. The zero-order valence-corrected chi connectivity index (χ0v) is 12.1. The van der Waals surface area contributed by atoms with Gasteiger partial charge in [-0.3, -0.25) is 9.67 Å². The van der Waals surface area contributed by atoms with Crippen LogP contribution in [-0.2, 0) is 6.54 Å². The number of nitrogens with zero attached hydrogens (tertiary/aromatic N) is 3. The second kappa shape index (κ2) is 5.97. The maximum atomic E-state index is 4.58. The molecule has 102 valence electrons. The summed E-state index contributed by atoms with van der Waals surface area (Å²) in [7, 11) is 1.96. The second-order valence-electron chi connectivity index (χ2n) is 4.97. The Hall–Kier alpha value is -1.68. The van der Waals surface area contributed by atoms with Crippen molar-refractivity contribution >= 4 is 0 Å². The minimum Gasteiger partial charge on any atom is -0.308 e. The first-order valence-corrected chi connectivity index (χ1v) is 6.78. The molecule has 4 heteroatoms. The van der Waals surface area contributed by atoms with Gasteiger partial charge in [-0.15, -0.1) is 0 Å². The molecule has 0 aliphatic rings. The Balaban J connectivity index is 2.32.